The van der Waals surface area contributed by atoms with Crippen LogP contribution >= 0.6 is 0 Å². The molecule has 0 nitrogen and oxygen atoms in total. The van der Waals surface area contributed by atoms with Gasteiger partial charge in [0.25, 0.3) is 0 Å². The van der Waals surface area contributed by atoms with E-state index in [1.54, 1.807) is 0 Å². The first-order chi connectivity index (χ1) is 7.48. The molecule has 0 spiro atoms. The second-order valence-electron chi connectivity index (χ2n) is 4.73. The molecule has 2 atom stereocenters. The molecule has 0 aromatic rings. The molecule has 104 valence electrons. The van der Waals surface area contributed by atoms with E-state index in [2.05, 4.69) is 0 Å². The number of hydrogen-bond acceptors (Lipinski definition) is 0. The van der Waals surface area contributed by atoms with Gasteiger partial charge in [-0.3, -0.25) is 0 Å². The van der Waals surface area contributed by atoms with Gasteiger partial charge in [-0.1, -0.05) is 27.2 Å². The van der Waals surface area contributed by atoms with Gasteiger partial charge in [-0.05, 0) is 24.7 Å². The summed E-state index contributed by atoms with van der Waals surface area (Å²) in [5.74, 6) is -3.64. The van der Waals surface area contributed by atoms with Crippen LogP contribution in [-0.4, -0.2) is 12.4 Å². The maximum Gasteiger partial charge on any atom is 0.400 e. The molecular weight excluding hydrogens is 246 g/mol. The van der Waals surface area contributed by atoms with Crippen LogP contribution in [0.3, 0.4) is 0 Å². The molecule has 0 amide bonds. The molecule has 1 unspecified atom stereocenters. The molecule has 0 aromatic carbocycles. The molecule has 0 saturated heterocycles. The summed E-state index contributed by atoms with van der Waals surface area (Å²) in [6, 6.07) is 0. The molecule has 0 fully saturated rings. The van der Waals surface area contributed by atoms with Gasteiger partial charge in [-0.15, -0.1) is 0 Å². The van der Waals surface area contributed by atoms with Gasteiger partial charge in [-0.25, -0.2) is 0 Å². The van der Waals surface area contributed by atoms with Gasteiger partial charge in [0.2, 0.25) is 0 Å². The molecule has 0 radical (unpaired) electrons. The topological polar surface area (TPSA) is 0 Å². The lowest BCUT2D eigenvalue weighted by molar-refractivity contribution is -0.288. The largest absolute Gasteiger partial charge is 0.400 e. The predicted octanol–water partition coefficient (Wildman–Crippen LogP) is 5.19. The predicted molar refractivity (Wildman–Crippen MR) is 53.5 cm³/mol. The molecule has 0 heterocycles. The van der Waals surface area contributed by atoms with Gasteiger partial charge in [0.15, 0.2) is 5.92 Å². The van der Waals surface area contributed by atoms with E-state index in [-0.39, 0.29) is 5.92 Å². The van der Waals surface area contributed by atoms with Gasteiger partial charge >= 0.3 is 12.4 Å². The Morgan fingerprint density at radius 1 is 0.765 bits per heavy atom. The Morgan fingerprint density at radius 2 is 1.18 bits per heavy atom. The van der Waals surface area contributed by atoms with Crippen LogP contribution in [0, 0.1) is 17.8 Å². The van der Waals surface area contributed by atoms with E-state index in [0.29, 0.717) is 6.42 Å². The summed E-state index contributed by atoms with van der Waals surface area (Å²) >= 11 is 0. The highest BCUT2D eigenvalue weighted by atomic mass is 19.4. The zero-order valence-corrected chi connectivity index (χ0v) is 10.1. The molecule has 0 saturated carbocycles. The molecule has 0 aliphatic heterocycles. The molecule has 17 heavy (non-hydrogen) atoms. The first kappa shape index (κ1) is 16.6. The van der Waals surface area contributed by atoms with Crippen LogP contribution in [0.1, 0.15) is 40.0 Å². The third-order valence-corrected chi connectivity index (χ3v) is 2.93. The summed E-state index contributed by atoms with van der Waals surface area (Å²) in [5, 5.41) is 0. The van der Waals surface area contributed by atoms with E-state index in [0.717, 1.165) is 6.42 Å². The van der Waals surface area contributed by atoms with E-state index in [1.165, 1.54) is 6.92 Å². The molecule has 6 heteroatoms. The van der Waals surface area contributed by atoms with Crippen molar-refractivity contribution in [3.8, 4) is 0 Å². The van der Waals surface area contributed by atoms with Crippen LogP contribution in [0.25, 0.3) is 0 Å². The average Bonchev–Trinajstić information content (AvgIpc) is 2.10. The second kappa shape index (κ2) is 5.96. The highest BCUT2D eigenvalue weighted by Crippen LogP contribution is 2.43. The maximum atomic E-state index is 12.3. The maximum absolute atomic E-state index is 12.3. The lowest BCUT2D eigenvalue weighted by Gasteiger charge is -2.26. The van der Waals surface area contributed by atoms with Gasteiger partial charge < -0.3 is 0 Å². The van der Waals surface area contributed by atoms with Crippen molar-refractivity contribution in [2.75, 3.05) is 0 Å². The molecule has 0 aliphatic carbocycles. The Kier molecular flexibility index (Phi) is 5.81. The van der Waals surface area contributed by atoms with Crippen LogP contribution in [0.5, 0.6) is 0 Å². The zero-order chi connectivity index (χ0) is 13.9. The Labute approximate surface area is 97.4 Å². The lowest BCUT2D eigenvalue weighted by atomic mass is 9.87. The fourth-order valence-corrected chi connectivity index (χ4v) is 1.80. The standard InChI is InChI=1S/C11H18F6/c1-4-7(2)5-8(3)6-9(10(12,13)14)11(15,16)17/h7-9H,4-6H2,1-3H3/t7?,8-/m0/s1. The van der Waals surface area contributed by atoms with E-state index < -0.39 is 30.6 Å². The highest BCUT2D eigenvalue weighted by molar-refractivity contribution is 4.77. The van der Waals surface area contributed by atoms with Crippen molar-refractivity contribution in [2.45, 2.75) is 52.4 Å². The van der Waals surface area contributed by atoms with E-state index in [4.69, 9.17) is 0 Å². The minimum atomic E-state index is -5.21. The van der Waals surface area contributed by atoms with E-state index >= 15 is 0 Å². The van der Waals surface area contributed by atoms with Crippen LogP contribution < -0.4 is 0 Å². The van der Waals surface area contributed by atoms with Crippen molar-refractivity contribution in [3.05, 3.63) is 0 Å². The van der Waals surface area contributed by atoms with Crippen LogP contribution in [0.4, 0.5) is 26.3 Å². The number of alkyl halides is 6. The van der Waals surface area contributed by atoms with Crippen LogP contribution in [0.2, 0.25) is 0 Å². The van der Waals surface area contributed by atoms with Crippen molar-refractivity contribution < 1.29 is 26.3 Å². The SMILES string of the molecule is CCC(C)C[C@H](C)CC(C(F)(F)F)C(F)(F)F. The van der Waals surface area contributed by atoms with E-state index in [1.807, 2.05) is 13.8 Å². The Hall–Kier alpha value is -0.420. The molecule has 0 aromatic heterocycles. The summed E-state index contributed by atoms with van der Waals surface area (Å²) < 4.78 is 73.7. The van der Waals surface area contributed by atoms with Gasteiger partial charge in [-0.2, -0.15) is 26.3 Å². The summed E-state index contributed by atoms with van der Waals surface area (Å²) in [6.07, 6.45) is -10.1. The number of hydrogen-bond donors (Lipinski definition) is 0. The van der Waals surface area contributed by atoms with Crippen LogP contribution in [-0.2, 0) is 0 Å². The van der Waals surface area contributed by atoms with Gasteiger partial charge in [0.1, 0.15) is 0 Å². The van der Waals surface area contributed by atoms with Crippen molar-refractivity contribution in [1.82, 2.24) is 0 Å². The van der Waals surface area contributed by atoms with Crippen molar-refractivity contribution in [3.63, 3.8) is 0 Å². The first-order valence-electron chi connectivity index (χ1n) is 5.61. The average molecular weight is 264 g/mol. The number of rotatable bonds is 5. The lowest BCUT2D eigenvalue weighted by Crippen LogP contribution is -2.37. The number of halogens is 6. The highest BCUT2D eigenvalue weighted by Gasteiger charge is 2.56. The van der Waals surface area contributed by atoms with Gasteiger partial charge in [0, 0.05) is 0 Å². The quantitative estimate of drug-likeness (QED) is 0.599. The Morgan fingerprint density at radius 3 is 1.47 bits per heavy atom. The van der Waals surface area contributed by atoms with Crippen LogP contribution in [0.15, 0.2) is 0 Å². The third kappa shape index (κ3) is 6.17. The Bertz CT molecular complexity index is 203. The summed E-state index contributed by atoms with van der Waals surface area (Å²) in [7, 11) is 0. The minimum Gasteiger partial charge on any atom is -0.170 e. The Balaban J connectivity index is 4.56. The monoisotopic (exact) mass is 264 g/mol. The fourth-order valence-electron chi connectivity index (χ4n) is 1.80. The molecular formula is C11H18F6. The van der Waals surface area contributed by atoms with Crippen molar-refractivity contribution in [1.29, 1.82) is 0 Å². The van der Waals surface area contributed by atoms with Crippen molar-refractivity contribution >= 4 is 0 Å². The summed E-state index contributed by atoms with van der Waals surface area (Å²) in [6.45, 7) is 5.13. The summed E-state index contributed by atoms with van der Waals surface area (Å²) in [5.41, 5.74) is 0. The molecule has 0 rings (SSSR count). The normalized spacial score (nSPS) is 17.3. The molecule has 0 aliphatic rings. The fraction of sp³-hybridized carbons (Fsp3) is 1.00. The first-order valence-corrected chi connectivity index (χ1v) is 5.61. The zero-order valence-electron chi connectivity index (χ0n) is 10.1. The van der Waals surface area contributed by atoms with Crippen molar-refractivity contribution in [2.24, 2.45) is 17.8 Å². The smallest absolute Gasteiger partial charge is 0.170 e. The van der Waals surface area contributed by atoms with Gasteiger partial charge in [0.05, 0.1) is 0 Å². The van der Waals surface area contributed by atoms with E-state index in [9.17, 15) is 26.3 Å². The molecule has 0 bridgehead atoms. The summed E-state index contributed by atoms with van der Waals surface area (Å²) in [4.78, 5) is 0. The third-order valence-electron chi connectivity index (χ3n) is 2.93. The molecule has 0 N–H and O–H groups in total. The minimum absolute atomic E-state index is 0.145. The second-order valence-corrected chi connectivity index (χ2v) is 4.73.